The highest BCUT2D eigenvalue weighted by atomic mass is 35.5. The van der Waals surface area contributed by atoms with E-state index in [2.05, 4.69) is 20.7 Å². The van der Waals surface area contributed by atoms with Crippen LogP contribution >= 0.6 is 24.8 Å². The summed E-state index contributed by atoms with van der Waals surface area (Å²) in [5, 5.41) is 10.4. The maximum atomic E-state index is 12.5. The van der Waals surface area contributed by atoms with Crippen molar-refractivity contribution in [3.63, 3.8) is 0 Å². The molecule has 3 rings (SSSR count). The number of rotatable bonds is 4. The topological polar surface area (TPSA) is 71.8 Å². The van der Waals surface area contributed by atoms with Crippen LogP contribution < -0.4 is 10.6 Å². The van der Waals surface area contributed by atoms with Crippen LogP contribution in [0.15, 0.2) is 36.9 Å². The summed E-state index contributed by atoms with van der Waals surface area (Å²) in [5.41, 5.74) is 1.63. The minimum Gasteiger partial charge on any atom is -0.326 e. The molecule has 0 saturated carbocycles. The zero-order chi connectivity index (χ0) is 15.4. The molecule has 6 nitrogen and oxygen atoms in total. The van der Waals surface area contributed by atoms with E-state index in [0.717, 1.165) is 37.2 Å². The normalized spacial score (nSPS) is 19.7. The first-order chi connectivity index (χ1) is 10.7. The van der Waals surface area contributed by atoms with E-state index in [9.17, 15) is 4.79 Å². The average Bonchev–Trinajstić information content (AvgIpc) is 3.03. The highest BCUT2D eigenvalue weighted by Crippen LogP contribution is 2.27. The second kappa shape index (κ2) is 9.01. The van der Waals surface area contributed by atoms with Crippen molar-refractivity contribution in [3.05, 3.63) is 42.5 Å². The molecule has 1 amide bonds. The number of benzene rings is 1. The molecule has 0 spiro atoms. The van der Waals surface area contributed by atoms with E-state index < -0.39 is 0 Å². The molecule has 24 heavy (non-hydrogen) atoms. The molecule has 2 heterocycles. The molecule has 8 heteroatoms. The standard InChI is InChI=1S/C16H21N5O.2ClH/c1-16(7-2-8-17-10-16)15(22)20-14-5-3-13(4-6-14)9-21-12-18-11-19-21;;/h3-6,11-12,17H,2,7-10H2,1H3,(H,20,22);2*1H. The Bertz CT molecular complexity index is 624. The molecule has 132 valence electrons. The van der Waals surface area contributed by atoms with Crippen LogP contribution in [0, 0.1) is 5.41 Å². The fraction of sp³-hybridized carbons (Fsp3) is 0.438. The number of carbonyl (C=O) groups excluding carboxylic acids is 1. The Kier molecular flexibility index (Phi) is 7.66. The van der Waals surface area contributed by atoms with Gasteiger partial charge in [0.25, 0.3) is 0 Å². The number of halogens is 2. The van der Waals surface area contributed by atoms with Gasteiger partial charge in [-0.1, -0.05) is 12.1 Å². The first-order valence-electron chi connectivity index (χ1n) is 7.59. The highest BCUT2D eigenvalue weighted by Gasteiger charge is 2.34. The SMILES string of the molecule is CC1(C(=O)Nc2ccc(Cn3cncn3)cc2)CCCNC1.Cl.Cl. The lowest BCUT2D eigenvalue weighted by atomic mass is 9.82. The van der Waals surface area contributed by atoms with Crippen LogP contribution in [0.2, 0.25) is 0 Å². The van der Waals surface area contributed by atoms with Crippen LogP contribution in [0.25, 0.3) is 0 Å². The summed E-state index contributed by atoms with van der Waals surface area (Å²) in [6.45, 7) is 4.44. The van der Waals surface area contributed by atoms with E-state index >= 15 is 0 Å². The summed E-state index contributed by atoms with van der Waals surface area (Å²) >= 11 is 0. The van der Waals surface area contributed by atoms with Crippen LogP contribution in [-0.2, 0) is 11.3 Å². The Labute approximate surface area is 154 Å². The maximum Gasteiger partial charge on any atom is 0.231 e. The summed E-state index contributed by atoms with van der Waals surface area (Å²) in [6, 6.07) is 7.87. The van der Waals surface area contributed by atoms with Gasteiger partial charge in [-0.3, -0.25) is 4.79 Å². The second-order valence-electron chi connectivity index (χ2n) is 6.09. The lowest BCUT2D eigenvalue weighted by Gasteiger charge is -2.32. The van der Waals surface area contributed by atoms with Crippen LogP contribution in [0.4, 0.5) is 5.69 Å². The lowest BCUT2D eigenvalue weighted by molar-refractivity contribution is -0.125. The number of hydrogen-bond acceptors (Lipinski definition) is 4. The summed E-state index contributed by atoms with van der Waals surface area (Å²) < 4.78 is 1.77. The summed E-state index contributed by atoms with van der Waals surface area (Å²) in [6.07, 6.45) is 5.18. The second-order valence-corrected chi connectivity index (χ2v) is 6.09. The third kappa shape index (κ3) is 4.93. The molecule has 1 aromatic heterocycles. The Balaban J connectivity index is 0.00000144. The van der Waals surface area contributed by atoms with E-state index in [0.29, 0.717) is 6.54 Å². The summed E-state index contributed by atoms with van der Waals surface area (Å²) in [4.78, 5) is 16.4. The highest BCUT2D eigenvalue weighted by molar-refractivity contribution is 5.95. The van der Waals surface area contributed by atoms with Gasteiger partial charge in [0.05, 0.1) is 12.0 Å². The third-order valence-electron chi connectivity index (χ3n) is 4.17. The van der Waals surface area contributed by atoms with Gasteiger partial charge in [0.1, 0.15) is 12.7 Å². The van der Waals surface area contributed by atoms with Crippen LogP contribution in [0.5, 0.6) is 0 Å². The van der Waals surface area contributed by atoms with E-state index in [1.165, 1.54) is 6.33 Å². The van der Waals surface area contributed by atoms with Gasteiger partial charge in [0.2, 0.25) is 5.91 Å². The average molecular weight is 372 g/mol. The molecule has 1 aliphatic rings. The summed E-state index contributed by atoms with van der Waals surface area (Å²) in [7, 11) is 0. The molecular formula is C16H23Cl2N5O. The monoisotopic (exact) mass is 371 g/mol. The van der Waals surface area contributed by atoms with E-state index in [1.807, 2.05) is 31.2 Å². The number of carbonyl (C=O) groups is 1. The Morgan fingerprint density at radius 1 is 1.33 bits per heavy atom. The van der Waals surface area contributed by atoms with Gasteiger partial charge in [-0.25, -0.2) is 9.67 Å². The molecule has 2 aromatic rings. The molecule has 0 radical (unpaired) electrons. The first kappa shape index (κ1) is 20.4. The van der Waals surface area contributed by atoms with Crippen molar-refractivity contribution >= 4 is 36.4 Å². The smallest absolute Gasteiger partial charge is 0.231 e. The third-order valence-corrected chi connectivity index (χ3v) is 4.17. The van der Waals surface area contributed by atoms with Gasteiger partial charge < -0.3 is 10.6 Å². The molecular weight excluding hydrogens is 349 g/mol. The molecule has 0 aliphatic carbocycles. The Morgan fingerprint density at radius 2 is 2.08 bits per heavy atom. The number of amides is 1. The largest absolute Gasteiger partial charge is 0.326 e. The quantitative estimate of drug-likeness (QED) is 0.865. The van der Waals surface area contributed by atoms with E-state index in [4.69, 9.17) is 0 Å². The number of nitrogens with one attached hydrogen (secondary N) is 2. The van der Waals surface area contributed by atoms with Gasteiger partial charge >= 0.3 is 0 Å². The predicted molar refractivity (Wildman–Crippen MR) is 98.9 cm³/mol. The molecule has 1 fully saturated rings. The molecule has 2 N–H and O–H groups in total. The van der Waals surface area contributed by atoms with Gasteiger partial charge in [-0.05, 0) is 44.0 Å². The first-order valence-corrected chi connectivity index (χ1v) is 7.59. The number of hydrogen-bond donors (Lipinski definition) is 2. The van der Waals surface area contributed by atoms with Crippen molar-refractivity contribution < 1.29 is 4.79 Å². The van der Waals surface area contributed by atoms with Crippen molar-refractivity contribution in [2.75, 3.05) is 18.4 Å². The van der Waals surface area contributed by atoms with Crippen LogP contribution in [0.1, 0.15) is 25.3 Å². The number of aromatic nitrogens is 3. The Morgan fingerprint density at radius 3 is 2.67 bits per heavy atom. The lowest BCUT2D eigenvalue weighted by Crippen LogP contribution is -2.46. The van der Waals surface area contributed by atoms with Crippen molar-refractivity contribution in [2.24, 2.45) is 5.41 Å². The van der Waals surface area contributed by atoms with Gasteiger partial charge in [-0.2, -0.15) is 5.10 Å². The summed E-state index contributed by atoms with van der Waals surface area (Å²) in [5.74, 6) is 0.0868. The van der Waals surface area contributed by atoms with Gasteiger partial charge in [-0.15, -0.1) is 24.8 Å². The molecule has 1 unspecified atom stereocenters. The van der Waals surface area contributed by atoms with Gasteiger partial charge in [0.15, 0.2) is 0 Å². The van der Waals surface area contributed by atoms with E-state index in [1.54, 1.807) is 11.0 Å². The molecule has 1 aromatic carbocycles. The van der Waals surface area contributed by atoms with Crippen LogP contribution in [-0.4, -0.2) is 33.8 Å². The molecule has 1 atom stereocenters. The molecule has 0 bridgehead atoms. The zero-order valence-corrected chi connectivity index (χ0v) is 15.2. The number of piperidine rings is 1. The van der Waals surface area contributed by atoms with Crippen molar-refractivity contribution in [1.29, 1.82) is 0 Å². The maximum absolute atomic E-state index is 12.5. The minimum absolute atomic E-state index is 0. The predicted octanol–water partition coefficient (Wildman–Crippen LogP) is 2.50. The number of nitrogens with zero attached hydrogens (tertiary/aromatic N) is 3. The Hall–Kier alpha value is -1.63. The fourth-order valence-corrected chi connectivity index (χ4v) is 2.73. The van der Waals surface area contributed by atoms with Crippen molar-refractivity contribution in [1.82, 2.24) is 20.1 Å². The molecule has 1 saturated heterocycles. The van der Waals surface area contributed by atoms with Crippen molar-refractivity contribution in [2.45, 2.75) is 26.3 Å². The number of anilines is 1. The van der Waals surface area contributed by atoms with Crippen molar-refractivity contribution in [3.8, 4) is 0 Å². The minimum atomic E-state index is -0.322. The molecule has 1 aliphatic heterocycles. The van der Waals surface area contributed by atoms with E-state index in [-0.39, 0.29) is 36.1 Å². The fourth-order valence-electron chi connectivity index (χ4n) is 2.73. The van der Waals surface area contributed by atoms with Gasteiger partial charge in [0, 0.05) is 12.2 Å². The zero-order valence-electron chi connectivity index (χ0n) is 13.6. The van der Waals surface area contributed by atoms with Crippen LogP contribution in [0.3, 0.4) is 0 Å².